The third-order valence-electron chi connectivity index (χ3n) is 6.00. The summed E-state index contributed by atoms with van der Waals surface area (Å²) in [5.41, 5.74) is -0.883. The first kappa shape index (κ1) is 19.3. The van der Waals surface area contributed by atoms with Crippen molar-refractivity contribution in [2.24, 2.45) is 11.8 Å². The summed E-state index contributed by atoms with van der Waals surface area (Å²) in [4.78, 5) is 50.4. The first-order valence-corrected chi connectivity index (χ1v) is 9.64. The van der Waals surface area contributed by atoms with Crippen LogP contribution in [0.5, 0.6) is 0 Å². The zero-order valence-corrected chi connectivity index (χ0v) is 15.5. The fourth-order valence-corrected chi connectivity index (χ4v) is 4.48. The Bertz CT molecular complexity index is 668. The summed E-state index contributed by atoms with van der Waals surface area (Å²) in [6.45, 7) is 0.913. The number of amides is 3. The van der Waals surface area contributed by atoms with Crippen LogP contribution in [0.3, 0.4) is 0 Å². The van der Waals surface area contributed by atoms with Crippen LogP contribution in [0.25, 0.3) is 0 Å². The van der Waals surface area contributed by atoms with E-state index in [9.17, 15) is 24.4 Å². The lowest BCUT2D eigenvalue weighted by atomic mass is 9.81. The maximum absolute atomic E-state index is 12.5. The normalized spacial score (nSPS) is 27.6. The molecule has 3 atom stereocenters. The fraction of sp³-hybridized carbons (Fsp3) is 0.737. The van der Waals surface area contributed by atoms with E-state index >= 15 is 0 Å². The molecule has 146 valence electrons. The van der Waals surface area contributed by atoms with Gasteiger partial charge in [-0.2, -0.15) is 5.26 Å². The summed E-state index contributed by atoms with van der Waals surface area (Å²) in [7, 11) is 0. The number of nitriles is 1. The van der Waals surface area contributed by atoms with E-state index < -0.39 is 30.1 Å². The molecule has 0 aromatic heterocycles. The minimum Gasteiger partial charge on any atom is -0.454 e. The Balaban J connectivity index is 1.55. The second-order valence-electron chi connectivity index (χ2n) is 7.78. The van der Waals surface area contributed by atoms with Gasteiger partial charge in [-0.3, -0.25) is 19.3 Å². The van der Waals surface area contributed by atoms with E-state index in [1.165, 1.54) is 6.92 Å². The Morgan fingerprint density at radius 2 is 1.74 bits per heavy atom. The van der Waals surface area contributed by atoms with Gasteiger partial charge in [0.05, 0.1) is 17.9 Å². The largest absolute Gasteiger partial charge is 0.454 e. The van der Waals surface area contributed by atoms with Gasteiger partial charge in [-0.15, -0.1) is 0 Å². The Kier molecular flexibility index (Phi) is 5.49. The highest BCUT2D eigenvalue weighted by atomic mass is 16.5. The lowest BCUT2D eigenvalue weighted by molar-refractivity contribution is -0.159. The number of fused-ring (bicyclic) bond motifs is 1. The van der Waals surface area contributed by atoms with Crippen LogP contribution < -0.4 is 5.32 Å². The zero-order chi connectivity index (χ0) is 19.6. The molecular formula is C19H25N3O5. The molecule has 3 aliphatic rings. The number of ether oxygens (including phenoxy) is 1. The molecule has 2 aliphatic carbocycles. The van der Waals surface area contributed by atoms with Gasteiger partial charge in [0.15, 0.2) is 6.61 Å². The standard InChI is InChI=1S/C19H25N3O5/c1-12(22-16(24)13-6-2-3-7-14(13)17(22)25)18(26)27-10-15(23)21-19(11-20)8-4-5-9-19/h12-14H,2-10H2,1H3,(H,21,23)/t12-,13-,14-/m0/s1. The predicted octanol–water partition coefficient (Wildman–Crippen LogP) is 1.05. The van der Waals surface area contributed by atoms with Gasteiger partial charge >= 0.3 is 5.97 Å². The highest BCUT2D eigenvalue weighted by molar-refractivity contribution is 6.07. The summed E-state index contributed by atoms with van der Waals surface area (Å²) in [5.74, 6) is -2.62. The number of likely N-dealkylation sites (tertiary alicyclic amines) is 1. The number of hydrogen-bond donors (Lipinski definition) is 1. The second kappa shape index (κ2) is 7.67. The monoisotopic (exact) mass is 375 g/mol. The Hall–Kier alpha value is -2.43. The third-order valence-corrected chi connectivity index (χ3v) is 6.00. The van der Waals surface area contributed by atoms with Crippen LogP contribution in [0.1, 0.15) is 58.3 Å². The van der Waals surface area contributed by atoms with Crippen molar-refractivity contribution in [3.8, 4) is 6.07 Å². The average molecular weight is 375 g/mol. The fourth-order valence-electron chi connectivity index (χ4n) is 4.48. The molecule has 2 saturated carbocycles. The highest BCUT2D eigenvalue weighted by Crippen LogP contribution is 2.38. The Morgan fingerprint density at radius 1 is 1.19 bits per heavy atom. The first-order chi connectivity index (χ1) is 12.9. The van der Waals surface area contributed by atoms with E-state index in [2.05, 4.69) is 11.4 Å². The molecule has 0 spiro atoms. The van der Waals surface area contributed by atoms with Crippen LogP contribution in [-0.4, -0.2) is 46.8 Å². The SMILES string of the molecule is C[C@@H](C(=O)OCC(=O)NC1(C#N)CCCC1)N1C(=O)[C@H]2CCCC[C@@H]2C1=O. The summed E-state index contributed by atoms with van der Waals surface area (Å²) < 4.78 is 5.02. The van der Waals surface area contributed by atoms with Crippen LogP contribution in [0.4, 0.5) is 0 Å². The van der Waals surface area contributed by atoms with Gasteiger partial charge in [0.1, 0.15) is 11.6 Å². The lowest BCUT2D eigenvalue weighted by Crippen LogP contribution is -2.48. The van der Waals surface area contributed by atoms with Crippen molar-refractivity contribution in [2.45, 2.75) is 69.9 Å². The van der Waals surface area contributed by atoms with Gasteiger partial charge in [-0.25, -0.2) is 4.79 Å². The molecule has 0 bridgehead atoms. The maximum Gasteiger partial charge on any atom is 0.329 e. The molecule has 3 amide bonds. The Labute approximate surface area is 158 Å². The molecule has 0 unspecified atom stereocenters. The molecule has 3 rings (SSSR count). The van der Waals surface area contributed by atoms with Gasteiger partial charge in [-0.1, -0.05) is 12.8 Å². The maximum atomic E-state index is 12.5. The van der Waals surface area contributed by atoms with Gasteiger partial charge in [0.2, 0.25) is 11.8 Å². The average Bonchev–Trinajstić information content (AvgIpc) is 3.23. The lowest BCUT2D eigenvalue weighted by Gasteiger charge is -2.23. The van der Waals surface area contributed by atoms with Crippen molar-refractivity contribution >= 4 is 23.7 Å². The van der Waals surface area contributed by atoms with Gasteiger partial charge in [0.25, 0.3) is 5.91 Å². The number of rotatable bonds is 5. The smallest absolute Gasteiger partial charge is 0.329 e. The predicted molar refractivity (Wildman–Crippen MR) is 92.7 cm³/mol. The molecule has 0 aromatic carbocycles. The quantitative estimate of drug-likeness (QED) is 0.567. The van der Waals surface area contributed by atoms with Gasteiger partial charge < -0.3 is 10.1 Å². The Morgan fingerprint density at radius 3 is 2.26 bits per heavy atom. The van der Waals surface area contributed by atoms with E-state index in [1.807, 2.05) is 0 Å². The van der Waals surface area contributed by atoms with E-state index in [0.717, 1.165) is 30.6 Å². The minimum atomic E-state index is -1.06. The molecule has 3 fully saturated rings. The van der Waals surface area contributed by atoms with Crippen LogP contribution in [0.2, 0.25) is 0 Å². The van der Waals surface area contributed by atoms with E-state index in [1.54, 1.807) is 0 Å². The van der Waals surface area contributed by atoms with E-state index in [0.29, 0.717) is 25.7 Å². The van der Waals surface area contributed by atoms with Crippen LogP contribution in [0, 0.1) is 23.2 Å². The van der Waals surface area contributed by atoms with Crippen LogP contribution >= 0.6 is 0 Å². The van der Waals surface area contributed by atoms with Gasteiger partial charge in [-0.05, 0) is 45.4 Å². The molecule has 1 aliphatic heterocycles. The van der Waals surface area contributed by atoms with Gasteiger partial charge in [0, 0.05) is 0 Å². The molecular weight excluding hydrogens is 350 g/mol. The number of carbonyl (C=O) groups is 4. The molecule has 0 radical (unpaired) electrons. The zero-order valence-electron chi connectivity index (χ0n) is 15.5. The van der Waals surface area contributed by atoms with Crippen molar-refractivity contribution in [3.63, 3.8) is 0 Å². The summed E-state index contributed by atoms with van der Waals surface area (Å²) in [5, 5.41) is 11.9. The van der Waals surface area contributed by atoms with Crippen molar-refractivity contribution in [2.75, 3.05) is 6.61 Å². The number of carbonyl (C=O) groups excluding carboxylic acids is 4. The first-order valence-electron chi connectivity index (χ1n) is 9.64. The van der Waals surface area contributed by atoms with E-state index in [4.69, 9.17) is 4.74 Å². The number of nitrogens with one attached hydrogen (secondary N) is 1. The van der Waals surface area contributed by atoms with Crippen molar-refractivity contribution in [3.05, 3.63) is 0 Å². The number of nitrogens with zero attached hydrogens (tertiary/aromatic N) is 2. The summed E-state index contributed by atoms with van der Waals surface area (Å²) >= 11 is 0. The molecule has 27 heavy (non-hydrogen) atoms. The minimum absolute atomic E-state index is 0.312. The second-order valence-corrected chi connectivity index (χ2v) is 7.78. The molecule has 1 N–H and O–H groups in total. The topological polar surface area (TPSA) is 117 Å². The number of imide groups is 1. The van der Waals surface area contributed by atoms with Crippen molar-refractivity contribution in [1.82, 2.24) is 10.2 Å². The third kappa shape index (κ3) is 3.68. The molecule has 0 aromatic rings. The van der Waals surface area contributed by atoms with Crippen molar-refractivity contribution in [1.29, 1.82) is 5.26 Å². The highest BCUT2D eigenvalue weighted by Gasteiger charge is 2.51. The number of esters is 1. The molecule has 1 heterocycles. The van der Waals surface area contributed by atoms with Crippen LogP contribution in [0.15, 0.2) is 0 Å². The van der Waals surface area contributed by atoms with Crippen LogP contribution in [-0.2, 0) is 23.9 Å². The summed E-state index contributed by atoms with van der Waals surface area (Å²) in [6.07, 6.45) is 6.07. The molecule has 8 heteroatoms. The molecule has 1 saturated heterocycles. The number of hydrogen-bond acceptors (Lipinski definition) is 6. The van der Waals surface area contributed by atoms with Crippen molar-refractivity contribution < 1.29 is 23.9 Å². The van der Waals surface area contributed by atoms with E-state index in [-0.39, 0.29) is 23.7 Å². The molecule has 8 nitrogen and oxygen atoms in total. The summed E-state index contributed by atoms with van der Waals surface area (Å²) in [6, 6.07) is 1.08.